The zero-order chi connectivity index (χ0) is 17.5. The van der Waals surface area contributed by atoms with Crippen LogP contribution in [-0.2, 0) is 6.54 Å². The Labute approximate surface area is 147 Å². The van der Waals surface area contributed by atoms with E-state index in [2.05, 4.69) is 5.32 Å². The van der Waals surface area contributed by atoms with Crippen LogP contribution >= 0.6 is 0 Å². The molecule has 0 aromatic heterocycles. The first-order valence-electron chi connectivity index (χ1n) is 7.99. The number of hydrogen-bond acceptors (Lipinski definition) is 3. The second-order valence-corrected chi connectivity index (χ2v) is 5.43. The van der Waals surface area contributed by atoms with Gasteiger partial charge in [-0.3, -0.25) is 4.79 Å². The van der Waals surface area contributed by atoms with Crippen LogP contribution in [0.1, 0.15) is 15.9 Å². The van der Waals surface area contributed by atoms with Crippen LogP contribution in [0.15, 0.2) is 78.9 Å². The quantitative estimate of drug-likeness (QED) is 0.726. The maximum absolute atomic E-state index is 12.3. The summed E-state index contributed by atoms with van der Waals surface area (Å²) in [4.78, 5) is 12.3. The first-order valence-corrected chi connectivity index (χ1v) is 7.99. The highest BCUT2D eigenvalue weighted by Crippen LogP contribution is 2.21. The molecule has 3 aromatic rings. The molecular weight excluding hydrogens is 314 g/mol. The number of nitrogens with one attached hydrogen (secondary N) is 1. The first kappa shape index (κ1) is 16.6. The number of methoxy groups -OCH3 is 1. The van der Waals surface area contributed by atoms with Crippen LogP contribution in [-0.4, -0.2) is 13.0 Å². The van der Waals surface area contributed by atoms with Gasteiger partial charge in [-0.1, -0.05) is 36.4 Å². The molecule has 0 bridgehead atoms. The van der Waals surface area contributed by atoms with Crippen molar-refractivity contribution in [2.75, 3.05) is 7.11 Å². The fourth-order valence-electron chi connectivity index (χ4n) is 2.43. The highest BCUT2D eigenvalue weighted by Gasteiger charge is 2.08. The SMILES string of the molecule is COc1ccccc1CNC(=O)c1ccc(Oc2ccccc2)cc1. The third-order valence-corrected chi connectivity index (χ3v) is 3.73. The Morgan fingerprint density at radius 3 is 2.20 bits per heavy atom. The normalized spacial score (nSPS) is 10.1. The van der Waals surface area contributed by atoms with Crippen LogP contribution in [0.4, 0.5) is 0 Å². The molecule has 25 heavy (non-hydrogen) atoms. The van der Waals surface area contributed by atoms with E-state index in [0.717, 1.165) is 17.1 Å². The third kappa shape index (κ3) is 4.38. The van der Waals surface area contributed by atoms with Crippen molar-refractivity contribution in [1.82, 2.24) is 5.32 Å². The summed E-state index contributed by atoms with van der Waals surface area (Å²) in [5.41, 5.74) is 1.51. The summed E-state index contributed by atoms with van der Waals surface area (Å²) in [5.74, 6) is 2.06. The smallest absolute Gasteiger partial charge is 0.251 e. The average molecular weight is 333 g/mol. The number of carbonyl (C=O) groups excluding carboxylic acids is 1. The molecule has 4 nitrogen and oxygen atoms in total. The van der Waals surface area contributed by atoms with E-state index in [9.17, 15) is 4.79 Å². The van der Waals surface area contributed by atoms with Crippen molar-refractivity contribution in [3.8, 4) is 17.2 Å². The third-order valence-electron chi connectivity index (χ3n) is 3.73. The fourth-order valence-corrected chi connectivity index (χ4v) is 2.43. The minimum atomic E-state index is -0.142. The zero-order valence-corrected chi connectivity index (χ0v) is 13.9. The molecule has 1 N–H and O–H groups in total. The molecule has 3 aromatic carbocycles. The molecule has 0 heterocycles. The Morgan fingerprint density at radius 1 is 0.840 bits per heavy atom. The Morgan fingerprint density at radius 2 is 1.48 bits per heavy atom. The van der Waals surface area contributed by atoms with Crippen molar-refractivity contribution < 1.29 is 14.3 Å². The number of hydrogen-bond donors (Lipinski definition) is 1. The Bertz CT molecular complexity index is 829. The number of para-hydroxylation sites is 2. The number of ether oxygens (including phenoxy) is 2. The van der Waals surface area contributed by atoms with E-state index in [1.165, 1.54) is 0 Å². The molecule has 126 valence electrons. The molecule has 0 radical (unpaired) electrons. The van der Waals surface area contributed by atoms with Crippen LogP contribution < -0.4 is 14.8 Å². The summed E-state index contributed by atoms with van der Waals surface area (Å²) in [6.45, 7) is 0.408. The van der Waals surface area contributed by atoms with Crippen molar-refractivity contribution in [2.45, 2.75) is 6.54 Å². The summed E-state index contributed by atoms with van der Waals surface area (Å²) in [6, 6.07) is 24.2. The van der Waals surface area contributed by atoms with Crippen molar-refractivity contribution in [3.63, 3.8) is 0 Å². The predicted octanol–water partition coefficient (Wildman–Crippen LogP) is 4.42. The van der Waals surface area contributed by atoms with Crippen LogP contribution in [0, 0.1) is 0 Å². The first-order chi connectivity index (χ1) is 12.3. The zero-order valence-electron chi connectivity index (χ0n) is 13.9. The van der Waals surface area contributed by atoms with Gasteiger partial charge in [0.25, 0.3) is 5.91 Å². The number of benzene rings is 3. The monoisotopic (exact) mass is 333 g/mol. The number of rotatable bonds is 6. The van der Waals surface area contributed by atoms with Crippen LogP contribution in [0.5, 0.6) is 17.2 Å². The molecule has 0 saturated heterocycles. The summed E-state index contributed by atoms with van der Waals surface area (Å²) in [7, 11) is 1.62. The van der Waals surface area contributed by atoms with Gasteiger partial charge in [-0.2, -0.15) is 0 Å². The van der Waals surface area contributed by atoms with Crippen molar-refractivity contribution >= 4 is 5.91 Å². The van der Waals surface area contributed by atoms with E-state index >= 15 is 0 Å². The molecule has 0 aliphatic heterocycles. The summed E-state index contributed by atoms with van der Waals surface area (Å²) >= 11 is 0. The Hall–Kier alpha value is -3.27. The van der Waals surface area contributed by atoms with E-state index in [0.29, 0.717) is 17.9 Å². The van der Waals surface area contributed by atoms with Gasteiger partial charge in [0.1, 0.15) is 17.2 Å². The minimum Gasteiger partial charge on any atom is -0.496 e. The predicted molar refractivity (Wildman–Crippen MR) is 97.1 cm³/mol. The van der Waals surface area contributed by atoms with Gasteiger partial charge in [0.15, 0.2) is 0 Å². The summed E-state index contributed by atoms with van der Waals surface area (Å²) in [6.07, 6.45) is 0. The molecule has 1 amide bonds. The lowest BCUT2D eigenvalue weighted by atomic mass is 10.1. The maximum atomic E-state index is 12.3. The van der Waals surface area contributed by atoms with Crippen molar-refractivity contribution in [3.05, 3.63) is 90.0 Å². The van der Waals surface area contributed by atoms with E-state index in [1.807, 2.05) is 54.6 Å². The maximum Gasteiger partial charge on any atom is 0.251 e. The van der Waals surface area contributed by atoms with Gasteiger partial charge in [0.2, 0.25) is 0 Å². The Kier molecular flexibility index (Phi) is 5.32. The topological polar surface area (TPSA) is 47.6 Å². The number of carbonyl (C=O) groups is 1. The number of amides is 1. The largest absolute Gasteiger partial charge is 0.496 e. The summed E-state index contributed by atoms with van der Waals surface area (Å²) < 4.78 is 11.0. The van der Waals surface area contributed by atoms with E-state index < -0.39 is 0 Å². The standard InChI is InChI=1S/C21H19NO3/c1-24-20-10-6-5-7-17(20)15-22-21(23)16-11-13-19(14-12-16)25-18-8-3-2-4-9-18/h2-14H,15H2,1H3,(H,22,23). The highest BCUT2D eigenvalue weighted by atomic mass is 16.5. The molecule has 0 spiro atoms. The lowest BCUT2D eigenvalue weighted by molar-refractivity contribution is 0.0950. The molecule has 0 fully saturated rings. The van der Waals surface area contributed by atoms with Crippen LogP contribution in [0.25, 0.3) is 0 Å². The average Bonchev–Trinajstić information content (AvgIpc) is 2.67. The lowest BCUT2D eigenvalue weighted by Gasteiger charge is -2.10. The highest BCUT2D eigenvalue weighted by molar-refractivity contribution is 5.94. The molecule has 4 heteroatoms. The van der Waals surface area contributed by atoms with Crippen LogP contribution in [0.2, 0.25) is 0 Å². The molecular formula is C21H19NO3. The molecule has 0 saturated carbocycles. The van der Waals surface area contributed by atoms with Gasteiger partial charge >= 0.3 is 0 Å². The van der Waals surface area contributed by atoms with Crippen molar-refractivity contribution in [1.29, 1.82) is 0 Å². The summed E-state index contributed by atoms with van der Waals surface area (Å²) in [5, 5.41) is 2.90. The van der Waals surface area contributed by atoms with Gasteiger partial charge < -0.3 is 14.8 Å². The van der Waals surface area contributed by atoms with Crippen LogP contribution in [0.3, 0.4) is 0 Å². The second-order valence-electron chi connectivity index (χ2n) is 5.43. The second kappa shape index (κ2) is 8.02. The van der Waals surface area contributed by atoms with Gasteiger partial charge in [0.05, 0.1) is 7.11 Å². The molecule has 0 aliphatic carbocycles. The molecule has 3 rings (SSSR count). The van der Waals surface area contributed by atoms with E-state index in [1.54, 1.807) is 31.4 Å². The Balaban J connectivity index is 1.61. The fraction of sp³-hybridized carbons (Fsp3) is 0.0952. The van der Waals surface area contributed by atoms with Gasteiger partial charge in [-0.15, -0.1) is 0 Å². The lowest BCUT2D eigenvalue weighted by Crippen LogP contribution is -2.22. The molecule has 0 aliphatic rings. The minimum absolute atomic E-state index is 0.142. The van der Waals surface area contributed by atoms with Gasteiger partial charge in [0, 0.05) is 17.7 Å². The molecule has 0 unspecified atom stereocenters. The van der Waals surface area contributed by atoms with E-state index in [4.69, 9.17) is 9.47 Å². The van der Waals surface area contributed by atoms with Gasteiger partial charge in [-0.05, 0) is 42.5 Å². The van der Waals surface area contributed by atoms with Gasteiger partial charge in [-0.25, -0.2) is 0 Å². The van der Waals surface area contributed by atoms with Crippen molar-refractivity contribution in [2.24, 2.45) is 0 Å². The molecule has 0 atom stereocenters. The van der Waals surface area contributed by atoms with E-state index in [-0.39, 0.29) is 5.91 Å².